The number of thiazole rings is 1. The summed E-state index contributed by atoms with van der Waals surface area (Å²) in [4.78, 5) is 16.6. The molecule has 0 aliphatic heterocycles. The molecule has 128 valence electrons. The second kappa shape index (κ2) is 7.44. The van der Waals surface area contributed by atoms with E-state index in [-0.39, 0.29) is 11.7 Å². The van der Waals surface area contributed by atoms with Gasteiger partial charge in [0.1, 0.15) is 11.6 Å². The van der Waals surface area contributed by atoms with Crippen LogP contribution in [0, 0.1) is 12.7 Å². The van der Waals surface area contributed by atoms with Gasteiger partial charge in [-0.05, 0) is 50.2 Å². The first-order valence-electron chi connectivity index (χ1n) is 7.77. The fraction of sp³-hybridized carbons (Fsp3) is 0.158. The van der Waals surface area contributed by atoms with E-state index in [0.717, 1.165) is 11.1 Å². The minimum absolute atomic E-state index is 0.277. The molecule has 0 bridgehead atoms. The molecule has 0 aliphatic carbocycles. The van der Waals surface area contributed by atoms with Crippen molar-refractivity contribution in [1.82, 2.24) is 4.98 Å². The molecule has 1 aromatic heterocycles. The van der Waals surface area contributed by atoms with Gasteiger partial charge in [0.15, 0.2) is 11.2 Å². The van der Waals surface area contributed by atoms with Crippen LogP contribution in [0.15, 0.2) is 53.9 Å². The summed E-state index contributed by atoms with van der Waals surface area (Å²) in [5.41, 5.74) is 2.61. The summed E-state index contributed by atoms with van der Waals surface area (Å²) in [6, 6.07) is 13.6. The van der Waals surface area contributed by atoms with E-state index < -0.39 is 6.10 Å². The normalized spacial score (nSPS) is 11.8. The van der Waals surface area contributed by atoms with Crippen LogP contribution in [0.4, 0.5) is 9.52 Å². The third-order valence-corrected chi connectivity index (χ3v) is 4.34. The van der Waals surface area contributed by atoms with Gasteiger partial charge < -0.3 is 4.74 Å². The molecule has 3 aromatic rings. The lowest BCUT2D eigenvalue weighted by molar-refractivity contribution is -0.122. The monoisotopic (exact) mass is 356 g/mol. The van der Waals surface area contributed by atoms with E-state index in [4.69, 9.17) is 4.74 Å². The van der Waals surface area contributed by atoms with Crippen molar-refractivity contribution >= 4 is 22.4 Å². The Kier molecular flexibility index (Phi) is 5.09. The second-order valence-electron chi connectivity index (χ2n) is 5.61. The van der Waals surface area contributed by atoms with E-state index in [0.29, 0.717) is 16.6 Å². The second-order valence-corrected chi connectivity index (χ2v) is 6.47. The van der Waals surface area contributed by atoms with Crippen LogP contribution in [-0.4, -0.2) is 17.0 Å². The maximum atomic E-state index is 13.0. The van der Waals surface area contributed by atoms with E-state index in [1.807, 2.05) is 36.6 Å². The molecule has 0 spiro atoms. The molecule has 0 saturated carbocycles. The summed E-state index contributed by atoms with van der Waals surface area (Å²) in [6.07, 6.45) is -0.652. The van der Waals surface area contributed by atoms with Gasteiger partial charge in [-0.3, -0.25) is 10.1 Å². The van der Waals surface area contributed by atoms with Crippen molar-refractivity contribution in [3.8, 4) is 17.0 Å². The molecule has 1 heterocycles. The van der Waals surface area contributed by atoms with Crippen molar-refractivity contribution in [3.05, 3.63) is 65.3 Å². The lowest BCUT2D eigenvalue weighted by atomic mass is 10.2. The standard InChI is InChI=1S/C19H17FN2O2S/c1-12-3-9-16(10-4-12)24-13(2)18(23)22-19-21-17(11-25-19)14-5-7-15(20)8-6-14/h3-11,13H,1-2H3,(H,21,22,23)/t13-/m0/s1. The predicted molar refractivity (Wildman–Crippen MR) is 97.4 cm³/mol. The largest absolute Gasteiger partial charge is 0.481 e. The van der Waals surface area contributed by atoms with Crippen LogP contribution in [0.2, 0.25) is 0 Å². The predicted octanol–water partition coefficient (Wildman–Crippen LogP) is 4.66. The van der Waals surface area contributed by atoms with Gasteiger partial charge >= 0.3 is 0 Å². The molecule has 1 N–H and O–H groups in total. The van der Waals surface area contributed by atoms with E-state index in [1.165, 1.54) is 23.5 Å². The van der Waals surface area contributed by atoms with Crippen LogP contribution in [-0.2, 0) is 4.79 Å². The zero-order valence-electron chi connectivity index (χ0n) is 13.8. The molecule has 0 saturated heterocycles. The number of carbonyl (C=O) groups excluding carboxylic acids is 1. The number of ether oxygens (including phenoxy) is 1. The van der Waals surface area contributed by atoms with Gasteiger partial charge in [-0.1, -0.05) is 17.7 Å². The van der Waals surface area contributed by atoms with Crippen molar-refractivity contribution in [2.24, 2.45) is 0 Å². The van der Waals surface area contributed by atoms with Crippen molar-refractivity contribution < 1.29 is 13.9 Å². The van der Waals surface area contributed by atoms with Crippen molar-refractivity contribution in [2.45, 2.75) is 20.0 Å². The minimum atomic E-state index is -0.652. The van der Waals surface area contributed by atoms with Gasteiger partial charge in [0.2, 0.25) is 0 Å². The molecular weight excluding hydrogens is 339 g/mol. The Bertz CT molecular complexity index is 860. The zero-order chi connectivity index (χ0) is 17.8. The highest BCUT2D eigenvalue weighted by Crippen LogP contribution is 2.25. The Morgan fingerprint density at radius 1 is 1.16 bits per heavy atom. The van der Waals surface area contributed by atoms with Crippen molar-refractivity contribution in [1.29, 1.82) is 0 Å². The van der Waals surface area contributed by atoms with E-state index in [9.17, 15) is 9.18 Å². The number of hydrogen-bond donors (Lipinski definition) is 1. The molecule has 4 nitrogen and oxygen atoms in total. The summed E-state index contributed by atoms with van der Waals surface area (Å²) in [7, 11) is 0. The number of anilines is 1. The molecule has 1 atom stereocenters. The Hall–Kier alpha value is -2.73. The van der Waals surface area contributed by atoms with Gasteiger partial charge in [-0.25, -0.2) is 9.37 Å². The van der Waals surface area contributed by atoms with Crippen LogP contribution >= 0.6 is 11.3 Å². The average molecular weight is 356 g/mol. The van der Waals surface area contributed by atoms with Gasteiger partial charge in [-0.2, -0.15) is 0 Å². The SMILES string of the molecule is Cc1ccc(O[C@@H](C)C(=O)Nc2nc(-c3ccc(F)cc3)cs2)cc1. The van der Waals surface area contributed by atoms with E-state index in [1.54, 1.807) is 19.1 Å². The number of aryl methyl sites for hydroxylation is 1. The van der Waals surface area contributed by atoms with E-state index >= 15 is 0 Å². The average Bonchev–Trinajstić information content (AvgIpc) is 3.06. The van der Waals surface area contributed by atoms with Gasteiger partial charge in [0.05, 0.1) is 5.69 Å². The Labute approximate surface area is 149 Å². The highest BCUT2D eigenvalue weighted by Gasteiger charge is 2.16. The number of amides is 1. The zero-order valence-corrected chi connectivity index (χ0v) is 14.6. The van der Waals surface area contributed by atoms with Crippen LogP contribution in [0.1, 0.15) is 12.5 Å². The molecule has 1 amide bonds. The molecule has 25 heavy (non-hydrogen) atoms. The number of hydrogen-bond acceptors (Lipinski definition) is 4. The molecular formula is C19H17FN2O2S. The third kappa shape index (κ3) is 4.42. The fourth-order valence-corrected chi connectivity index (χ4v) is 2.89. The lowest BCUT2D eigenvalue weighted by Gasteiger charge is -2.13. The molecule has 0 unspecified atom stereocenters. The summed E-state index contributed by atoms with van der Waals surface area (Å²) in [5.74, 6) is 0.0644. The van der Waals surface area contributed by atoms with Crippen LogP contribution < -0.4 is 10.1 Å². The molecule has 3 rings (SSSR count). The fourth-order valence-electron chi connectivity index (χ4n) is 2.17. The maximum absolute atomic E-state index is 13.0. The first-order chi connectivity index (χ1) is 12.0. The van der Waals surface area contributed by atoms with Gasteiger partial charge in [0, 0.05) is 10.9 Å². The number of nitrogens with one attached hydrogen (secondary N) is 1. The topological polar surface area (TPSA) is 51.2 Å². The highest BCUT2D eigenvalue weighted by atomic mass is 32.1. The van der Waals surface area contributed by atoms with Crippen LogP contribution in [0.25, 0.3) is 11.3 Å². The smallest absolute Gasteiger partial charge is 0.266 e. The first-order valence-corrected chi connectivity index (χ1v) is 8.65. The quantitative estimate of drug-likeness (QED) is 0.723. The Morgan fingerprint density at radius 3 is 2.52 bits per heavy atom. The van der Waals surface area contributed by atoms with Gasteiger partial charge in [-0.15, -0.1) is 11.3 Å². The van der Waals surface area contributed by atoms with Crippen molar-refractivity contribution in [2.75, 3.05) is 5.32 Å². The number of halogens is 1. The number of aromatic nitrogens is 1. The molecule has 6 heteroatoms. The Balaban J connectivity index is 1.62. The molecule has 2 aromatic carbocycles. The maximum Gasteiger partial charge on any atom is 0.266 e. The van der Waals surface area contributed by atoms with Crippen molar-refractivity contribution in [3.63, 3.8) is 0 Å². The summed E-state index contributed by atoms with van der Waals surface area (Å²) in [5, 5.41) is 5.03. The summed E-state index contributed by atoms with van der Waals surface area (Å²) >= 11 is 1.31. The summed E-state index contributed by atoms with van der Waals surface area (Å²) < 4.78 is 18.6. The minimum Gasteiger partial charge on any atom is -0.481 e. The van der Waals surface area contributed by atoms with E-state index in [2.05, 4.69) is 10.3 Å². The molecule has 0 aliphatic rings. The number of rotatable bonds is 5. The highest BCUT2D eigenvalue weighted by molar-refractivity contribution is 7.14. The van der Waals surface area contributed by atoms with Gasteiger partial charge in [0.25, 0.3) is 5.91 Å². The number of benzene rings is 2. The Morgan fingerprint density at radius 2 is 1.84 bits per heavy atom. The first kappa shape index (κ1) is 17.1. The third-order valence-electron chi connectivity index (χ3n) is 3.58. The number of nitrogens with zero attached hydrogens (tertiary/aromatic N) is 1. The lowest BCUT2D eigenvalue weighted by Crippen LogP contribution is -2.30. The van der Waals surface area contributed by atoms with Crippen LogP contribution in [0.3, 0.4) is 0 Å². The number of carbonyl (C=O) groups is 1. The van der Waals surface area contributed by atoms with Crippen LogP contribution in [0.5, 0.6) is 5.75 Å². The summed E-state index contributed by atoms with van der Waals surface area (Å²) in [6.45, 7) is 3.67. The molecule has 0 fully saturated rings. The molecule has 0 radical (unpaired) electrons.